The van der Waals surface area contributed by atoms with Gasteiger partial charge in [-0.25, -0.2) is 20.1 Å². The SMILES string of the molecule is CC(C)c1csc(NC(=O)NOCC(=O)O)n1. The van der Waals surface area contributed by atoms with Gasteiger partial charge in [-0.2, -0.15) is 0 Å². The van der Waals surface area contributed by atoms with Gasteiger partial charge < -0.3 is 5.11 Å². The van der Waals surface area contributed by atoms with Crippen molar-refractivity contribution in [3.63, 3.8) is 0 Å². The highest BCUT2D eigenvalue weighted by Gasteiger charge is 2.08. The molecule has 0 saturated carbocycles. The van der Waals surface area contributed by atoms with Gasteiger partial charge in [-0.3, -0.25) is 10.2 Å². The maximum absolute atomic E-state index is 11.2. The van der Waals surface area contributed by atoms with Crippen LogP contribution in [0, 0.1) is 0 Å². The molecular weight excluding hydrogens is 246 g/mol. The summed E-state index contributed by atoms with van der Waals surface area (Å²) in [5.41, 5.74) is 2.82. The number of urea groups is 1. The van der Waals surface area contributed by atoms with Crippen molar-refractivity contribution >= 4 is 28.5 Å². The lowest BCUT2D eigenvalue weighted by Gasteiger charge is -2.03. The Morgan fingerprint density at radius 3 is 2.82 bits per heavy atom. The van der Waals surface area contributed by atoms with Crippen LogP contribution in [0.5, 0.6) is 0 Å². The Hall–Kier alpha value is -1.67. The average Bonchev–Trinajstić information content (AvgIpc) is 2.65. The number of hydrogen-bond donors (Lipinski definition) is 3. The van der Waals surface area contributed by atoms with Crippen LogP contribution in [0.1, 0.15) is 25.5 Å². The molecule has 0 radical (unpaired) electrons. The van der Waals surface area contributed by atoms with Crippen molar-refractivity contribution in [3.05, 3.63) is 11.1 Å². The standard InChI is InChI=1S/C9H13N3O4S/c1-5(2)6-4-17-9(10-6)11-8(15)12-16-3-7(13)14/h4-5H,3H2,1-2H3,(H,13,14)(H2,10,11,12,15). The number of rotatable bonds is 5. The van der Waals surface area contributed by atoms with Crippen molar-refractivity contribution in [2.24, 2.45) is 0 Å². The molecular formula is C9H13N3O4S. The molecule has 2 amide bonds. The third kappa shape index (κ3) is 4.79. The van der Waals surface area contributed by atoms with E-state index in [0.717, 1.165) is 5.69 Å². The fraction of sp³-hybridized carbons (Fsp3) is 0.444. The monoisotopic (exact) mass is 259 g/mol. The number of hydrogen-bond acceptors (Lipinski definition) is 5. The van der Waals surface area contributed by atoms with E-state index in [4.69, 9.17) is 5.11 Å². The van der Waals surface area contributed by atoms with Crippen LogP contribution in [-0.2, 0) is 9.63 Å². The van der Waals surface area contributed by atoms with E-state index in [0.29, 0.717) is 5.13 Å². The van der Waals surface area contributed by atoms with E-state index in [9.17, 15) is 9.59 Å². The van der Waals surface area contributed by atoms with E-state index >= 15 is 0 Å². The highest BCUT2D eigenvalue weighted by molar-refractivity contribution is 7.13. The van der Waals surface area contributed by atoms with Crippen LogP contribution in [0.3, 0.4) is 0 Å². The summed E-state index contributed by atoms with van der Waals surface area (Å²) in [6.07, 6.45) is 0. The highest BCUT2D eigenvalue weighted by atomic mass is 32.1. The summed E-state index contributed by atoms with van der Waals surface area (Å²) in [6.45, 7) is 3.40. The number of carboxylic acid groups (broad SMARTS) is 1. The minimum atomic E-state index is -1.17. The lowest BCUT2D eigenvalue weighted by atomic mass is 10.2. The summed E-state index contributed by atoms with van der Waals surface area (Å²) in [7, 11) is 0. The van der Waals surface area contributed by atoms with Gasteiger partial charge in [0.15, 0.2) is 11.7 Å². The summed E-state index contributed by atoms with van der Waals surface area (Å²) in [5, 5.41) is 13.0. The third-order valence-electron chi connectivity index (χ3n) is 1.69. The number of carbonyl (C=O) groups is 2. The summed E-state index contributed by atoms with van der Waals surface area (Å²) in [5.74, 6) is -0.880. The number of hydroxylamine groups is 1. The first-order valence-electron chi connectivity index (χ1n) is 4.85. The number of carbonyl (C=O) groups excluding carboxylic acids is 1. The molecule has 3 N–H and O–H groups in total. The van der Waals surface area contributed by atoms with Crippen LogP contribution in [-0.4, -0.2) is 28.7 Å². The maximum atomic E-state index is 11.2. The third-order valence-corrected chi connectivity index (χ3v) is 2.47. The Kier molecular flexibility index (Phi) is 4.85. The Balaban J connectivity index is 2.37. The maximum Gasteiger partial charge on any atom is 0.344 e. The number of anilines is 1. The number of aromatic nitrogens is 1. The number of aliphatic carboxylic acids is 1. The van der Waals surface area contributed by atoms with Gasteiger partial charge >= 0.3 is 12.0 Å². The van der Waals surface area contributed by atoms with Crippen LogP contribution in [0.15, 0.2) is 5.38 Å². The van der Waals surface area contributed by atoms with Gasteiger partial charge in [-0.1, -0.05) is 13.8 Å². The largest absolute Gasteiger partial charge is 0.479 e. The van der Waals surface area contributed by atoms with Crippen molar-refractivity contribution in [2.45, 2.75) is 19.8 Å². The molecule has 0 unspecified atom stereocenters. The van der Waals surface area contributed by atoms with E-state index in [1.807, 2.05) is 24.7 Å². The molecule has 1 heterocycles. The minimum Gasteiger partial charge on any atom is -0.479 e. The van der Waals surface area contributed by atoms with Crippen LogP contribution in [0.2, 0.25) is 0 Å². The fourth-order valence-corrected chi connectivity index (χ4v) is 1.76. The number of thiazole rings is 1. The Bertz CT molecular complexity index is 405. The lowest BCUT2D eigenvalue weighted by Crippen LogP contribution is -2.30. The smallest absolute Gasteiger partial charge is 0.344 e. The van der Waals surface area contributed by atoms with Crippen LogP contribution >= 0.6 is 11.3 Å². The van der Waals surface area contributed by atoms with Gasteiger partial charge in [0, 0.05) is 5.38 Å². The summed E-state index contributed by atoms with van der Waals surface area (Å²) >= 11 is 1.29. The molecule has 0 bridgehead atoms. The van der Waals surface area contributed by atoms with Crippen LogP contribution in [0.25, 0.3) is 0 Å². The number of nitrogens with one attached hydrogen (secondary N) is 2. The number of carboxylic acids is 1. The fourth-order valence-electron chi connectivity index (χ4n) is 0.895. The van der Waals surface area contributed by atoms with Crippen molar-refractivity contribution in [1.29, 1.82) is 0 Å². The zero-order chi connectivity index (χ0) is 12.8. The summed E-state index contributed by atoms with van der Waals surface area (Å²) in [4.78, 5) is 29.9. The molecule has 0 spiro atoms. The quantitative estimate of drug-likeness (QED) is 0.694. The van der Waals surface area contributed by atoms with Gasteiger partial charge in [-0.15, -0.1) is 11.3 Å². The van der Waals surface area contributed by atoms with Crippen molar-refractivity contribution in [2.75, 3.05) is 11.9 Å². The summed E-state index contributed by atoms with van der Waals surface area (Å²) < 4.78 is 0. The second kappa shape index (κ2) is 6.16. The molecule has 8 heteroatoms. The minimum absolute atomic E-state index is 0.285. The van der Waals surface area contributed by atoms with E-state index in [1.165, 1.54) is 11.3 Å². The predicted molar refractivity (Wildman–Crippen MR) is 61.9 cm³/mol. The molecule has 0 atom stereocenters. The van der Waals surface area contributed by atoms with E-state index in [2.05, 4.69) is 15.1 Å². The molecule has 1 rings (SSSR count). The van der Waals surface area contributed by atoms with Crippen molar-refractivity contribution in [3.8, 4) is 0 Å². The molecule has 0 aromatic carbocycles. The number of nitrogens with zero attached hydrogens (tertiary/aromatic N) is 1. The van der Waals surface area contributed by atoms with Crippen molar-refractivity contribution < 1.29 is 19.5 Å². The average molecular weight is 259 g/mol. The predicted octanol–water partition coefficient (Wildman–Crippen LogP) is 1.40. The highest BCUT2D eigenvalue weighted by Crippen LogP contribution is 2.21. The Morgan fingerprint density at radius 1 is 1.59 bits per heavy atom. The topological polar surface area (TPSA) is 101 Å². The first-order valence-corrected chi connectivity index (χ1v) is 5.73. The molecule has 94 valence electrons. The normalized spacial score (nSPS) is 10.3. The molecule has 0 aliphatic heterocycles. The van der Waals surface area contributed by atoms with Crippen LogP contribution < -0.4 is 10.8 Å². The molecule has 17 heavy (non-hydrogen) atoms. The van der Waals surface area contributed by atoms with Gasteiger partial charge in [0.05, 0.1) is 5.69 Å². The second-order valence-corrected chi connectivity index (χ2v) is 4.33. The molecule has 0 fully saturated rings. The molecule has 1 aromatic heterocycles. The van der Waals surface area contributed by atoms with E-state index in [1.54, 1.807) is 0 Å². The zero-order valence-electron chi connectivity index (χ0n) is 9.39. The molecule has 1 aromatic rings. The molecule has 0 aliphatic carbocycles. The van der Waals surface area contributed by atoms with Crippen molar-refractivity contribution in [1.82, 2.24) is 10.5 Å². The Morgan fingerprint density at radius 2 is 2.29 bits per heavy atom. The first-order chi connectivity index (χ1) is 7.99. The van der Waals surface area contributed by atoms with Gasteiger partial charge in [0.2, 0.25) is 0 Å². The molecule has 0 aliphatic rings. The lowest BCUT2D eigenvalue weighted by molar-refractivity contribution is -0.143. The van der Waals surface area contributed by atoms with E-state index in [-0.39, 0.29) is 5.92 Å². The number of amides is 2. The van der Waals surface area contributed by atoms with E-state index < -0.39 is 18.6 Å². The van der Waals surface area contributed by atoms with Gasteiger partial charge in [0.25, 0.3) is 0 Å². The molecule has 0 saturated heterocycles. The first kappa shape index (κ1) is 13.4. The van der Waals surface area contributed by atoms with Crippen LogP contribution in [0.4, 0.5) is 9.93 Å². The molecule has 7 nitrogen and oxygen atoms in total. The zero-order valence-corrected chi connectivity index (χ0v) is 10.2. The van der Waals surface area contributed by atoms with Gasteiger partial charge in [0.1, 0.15) is 0 Å². The van der Waals surface area contributed by atoms with Gasteiger partial charge in [-0.05, 0) is 5.92 Å². The Labute approximate surface area is 102 Å². The summed E-state index contributed by atoms with van der Waals surface area (Å²) in [6, 6.07) is -0.657. The second-order valence-electron chi connectivity index (χ2n) is 3.47.